The lowest BCUT2D eigenvalue weighted by Gasteiger charge is -2.40. The maximum absolute atomic E-state index is 9.82. The summed E-state index contributed by atoms with van der Waals surface area (Å²) in [6, 6.07) is 7.79. The molecule has 3 rings (SSSR count). The van der Waals surface area contributed by atoms with Gasteiger partial charge in [0.05, 0.1) is 6.04 Å². The molecule has 2 fully saturated rings. The zero-order valence-electron chi connectivity index (χ0n) is 12.1. The van der Waals surface area contributed by atoms with E-state index in [0.29, 0.717) is 17.2 Å². The second-order valence-electron chi connectivity index (χ2n) is 7.15. The van der Waals surface area contributed by atoms with Crippen LogP contribution in [0.2, 0.25) is 0 Å². The van der Waals surface area contributed by atoms with Gasteiger partial charge < -0.3 is 5.11 Å². The van der Waals surface area contributed by atoms with Crippen LogP contribution in [-0.2, 0) is 0 Å². The van der Waals surface area contributed by atoms with Crippen molar-refractivity contribution in [3.05, 3.63) is 29.8 Å². The third-order valence-corrected chi connectivity index (χ3v) is 5.49. The van der Waals surface area contributed by atoms with E-state index in [1.165, 1.54) is 19.3 Å². The highest BCUT2D eigenvalue weighted by atomic mass is 16.3. The van der Waals surface area contributed by atoms with Crippen LogP contribution in [-0.4, -0.2) is 17.4 Å². The molecule has 1 aromatic carbocycles. The minimum absolute atomic E-state index is 0.286. The van der Waals surface area contributed by atoms with Crippen molar-refractivity contribution in [2.45, 2.75) is 46.1 Å². The number of hydrogen-bond donors (Lipinski definition) is 1. The molecule has 3 unspecified atom stereocenters. The Morgan fingerprint density at radius 3 is 2.63 bits per heavy atom. The van der Waals surface area contributed by atoms with Crippen LogP contribution in [0.1, 0.15) is 45.6 Å². The number of rotatable bonds is 2. The molecule has 0 aromatic heterocycles. The van der Waals surface area contributed by atoms with Gasteiger partial charge in [-0.1, -0.05) is 32.9 Å². The van der Waals surface area contributed by atoms with Crippen LogP contribution in [0, 0.1) is 16.7 Å². The van der Waals surface area contributed by atoms with Gasteiger partial charge >= 0.3 is 0 Å². The van der Waals surface area contributed by atoms with Crippen molar-refractivity contribution in [1.82, 2.24) is 0 Å². The van der Waals surface area contributed by atoms with Gasteiger partial charge in [0.15, 0.2) is 0 Å². The summed E-state index contributed by atoms with van der Waals surface area (Å²) in [6.07, 6.45) is 5.83. The Hall–Kier alpha value is -1.31. The first kappa shape index (κ1) is 12.7. The van der Waals surface area contributed by atoms with Gasteiger partial charge in [0.25, 0.3) is 0 Å². The van der Waals surface area contributed by atoms with Crippen LogP contribution in [0.15, 0.2) is 29.3 Å². The van der Waals surface area contributed by atoms with Gasteiger partial charge in [-0.05, 0) is 48.1 Å². The molecule has 0 spiro atoms. The fraction of sp³-hybridized carbons (Fsp3) is 0.588. The summed E-state index contributed by atoms with van der Waals surface area (Å²) in [6.45, 7) is 7.10. The number of phenols is 1. The highest BCUT2D eigenvalue weighted by molar-refractivity contribution is 5.83. The molecule has 0 amide bonds. The van der Waals surface area contributed by atoms with Gasteiger partial charge in [0.2, 0.25) is 0 Å². The first-order valence-corrected chi connectivity index (χ1v) is 7.25. The van der Waals surface area contributed by atoms with Crippen molar-refractivity contribution in [3.8, 4) is 5.75 Å². The summed E-state index contributed by atoms with van der Waals surface area (Å²) < 4.78 is 0. The second-order valence-corrected chi connectivity index (χ2v) is 7.15. The third-order valence-electron chi connectivity index (χ3n) is 5.49. The van der Waals surface area contributed by atoms with Crippen LogP contribution in [0.3, 0.4) is 0 Å². The molecule has 0 aliphatic heterocycles. The van der Waals surface area contributed by atoms with E-state index in [0.717, 1.165) is 11.5 Å². The topological polar surface area (TPSA) is 32.6 Å². The summed E-state index contributed by atoms with van der Waals surface area (Å²) in [5.41, 5.74) is 1.47. The standard InChI is InChI=1S/C17H23NO/c1-16(2)13-8-9-17(3,10-13)15(16)18-11-12-6-4-5-7-14(12)19/h4-7,11,13,15,19H,8-10H2,1-3H3. The van der Waals surface area contributed by atoms with Crippen molar-refractivity contribution in [3.63, 3.8) is 0 Å². The SMILES string of the molecule is CC12CCC(C1)C(C)(C)C2N=Cc1ccccc1O. The predicted molar refractivity (Wildman–Crippen MR) is 78.7 cm³/mol. The molecule has 19 heavy (non-hydrogen) atoms. The lowest BCUT2D eigenvalue weighted by Crippen LogP contribution is -2.39. The molecule has 2 heteroatoms. The third kappa shape index (κ3) is 1.89. The fourth-order valence-electron chi connectivity index (χ4n) is 4.40. The molecule has 0 saturated heterocycles. The van der Waals surface area contributed by atoms with Gasteiger partial charge in [-0.15, -0.1) is 0 Å². The second kappa shape index (κ2) is 4.09. The van der Waals surface area contributed by atoms with Crippen LogP contribution in [0.4, 0.5) is 0 Å². The average molecular weight is 257 g/mol. The molecule has 2 nitrogen and oxygen atoms in total. The van der Waals surface area contributed by atoms with Crippen LogP contribution in [0.25, 0.3) is 0 Å². The monoisotopic (exact) mass is 257 g/mol. The Labute approximate surface area is 115 Å². The zero-order valence-corrected chi connectivity index (χ0v) is 12.1. The normalized spacial score (nSPS) is 36.2. The smallest absolute Gasteiger partial charge is 0.124 e. The molecule has 0 radical (unpaired) electrons. The van der Waals surface area contributed by atoms with E-state index in [1.807, 2.05) is 24.4 Å². The number of aromatic hydroxyl groups is 1. The molecule has 0 heterocycles. The summed E-state index contributed by atoms with van der Waals surface area (Å²) >= 11 is 0. The van der Waals surface area contributed by atoms with Crippen molar-refractivity contribution in [2.75, 3.05) is 0 Å². The summed E-state index contributed by atoms with van der Waals surface area (Å²) in [7, 11) is 0. The molecule has 2 aliphatic rings. The number of hydrogen-bond acceptors (Lipinski definition) is 2. The highest BCUT2D eigenvalue weighted by Gasteiger charge is 2.59. The Bertz CT molecular complexity index is 515. The molecule has 102 valence electrons. The molecule has 2 bridgehead atoms. The molecule has 1 N–H and O–H groups in total. The molecule has 3 atom stereocenters. The van der Waals surface area contributed by atoms with Crippen molar-refractivity contribution < 1.29 is 5.11 Å². The minimum Gasteiger partial charge on any atom is -0.507 e. The maximum atomic E-state index is 9.82. The summed E-state index contributed by atoms with van der Waals surface area (Å²) in [5, 5.41) is 9.82. The lowest BCUT2D eigenvalue weighted by molar-refractivity contribution is 0.143. The fourth-order valence-corrected chi connectivity index (χ4v) is 4.40. The quantitative estimate of drug-likeness (QED) is 0.797. The Morgan fingerprint density at radius 2 is 2.00 bits per heavy atom. The van der Waals surface area contributed by atoms with Gasteiger partial charge in [0.1, 0.15) is 5.75 Å². The Kier molecular flexibility index (Phi) is 2.74. The zero-order chi connectivity index (χ0) is 13.7. The molecular weight excluding hydrogens is 234 g/mol. The minimum atomic E-state index is 0.286. The maximum Gasteiger partial charge on any atom is 0.124 e. The number of benzene rings is 1. The summed E-state index contributed by atoms with van der Waals surface area (Å²) in [4.78, 5) is 4.88. The lowest BCUT2D eigenvalue weighted by atomic mass is 9.69. The number of para-hydroxylation sites is 1. The number of nitrogens with zero attached hydrogens (tertiary/aromatic N) is 1. The van der Waals surface area contributed by atoms with Crippen LogP contribution >= 0.6 is 0 Å². The number of fused-ring (bicyclic) bond motifs is 2. The number of aliphatic imine (C=N–C) groups is 1. The van der Waals surface area contributed by atoms with Crippen LogP contribution in [0.5, 0.6) is 5.75 Å². The molecule has 2 saturated carbocycles. The van der Waals surface area contributed by atoms with E-state index < -0.39 is 0 Å². The van der Waals surface area contributed by atoms with E-state index in [-0.39, 0.29) is 5.41 Å². The van der Waals surface area contributed by atoms with Gasteiger partial charge in [-0.25, -0.2) is 0 Å². The van der Waals surface area contributed by atoms with Gasteiger partial charge in [0, 0.05) is 11.8 Å². The Morgan fingerprint density at radius 1 is 1.26 bits per heavy atom. The van der Waals surface area contributed by atoms with E-state index in [2.05, 4.69) is 20.8 Å². The van der Waals surface area contributed by atoms with Crippen molar-refractivity contribution in [1.29, 1.82) is 0 Å². The number of phenolic OH excluding ortho intramolecular Hbond substituents is 1. The molecular formula is C17H23NO. The van der Waals surface area contributed by atoms with Crippen molar-refractivity contribution in [2.24, 2.45) is 21.7 Å². The van der Waals surface area contributed by atoms with E-state index in [1.54, 1.807) is 6.07 Å². The van der Waals surface area contributed by atoms with Gasteiger partial charge in [-0.2, -0.15) is 0 Å². The average Bonchev–Trinajstić information content (AvgIpc) is 2.82. The molecule has 2 aliphatic carbocycles. The largest absolute Gasteiger partial charge is 0.507 e. The molecule has 1 aromatic rings. The summed E-state index contributed by atoms with van der Waals surface area (Å²) in [5.74, 6) is 1.13. The van der Waals surface area contributed by atoms with E-state index in [4.69, 9.17) is 4.99 Å². The predicted octanol–water partition coefficient (Wildman–Crippen LogP) is 4.03. The Balaban J connectivity index is 1.89. The van der Waals surface area contributed by atoms with E-state index >= 15 is 0 Å². The van der Waals surface area contributed by atoms with Gasteiger partial charge in [-0.3, -0.25) is 4.99 Å². The highest BCUT2D eigenvalue weighted by Crippen LogP contribution is 2.63. The van der Waals surface area contributed by atoms with E-state index in [9.17, 15) is 5.11 Å². The first-order chi connectivity index (χ1) is 8.93. The van der Waals surface area contributed by atoms with Crippen LogP contribution < -0.4 is 0 Å². The first-order valence-electron chi connectivity index (χ1n) is 7.25. The van der Waals surface area contributed by atoms with Crippen molar-refractivity contribution >= 4 is 6.21 Å².